The summed E-state index contributed by atoms with van der Waals surface area (Å²) in [7, 11) is 3.60. The lowest BCUT2D eigenvalue weighted by molar-refractivity contribution is 0.264. The molecule has 1 unspecified atom stereocenters. The molecule has 1 atom stereocenters. The van der Waals surface area contributed by atoms with Gasteiger partial charge in [-0.1, -0.05) is 24.2 Å². The van der Waals surface area contributed by atoms with E-state index in [0.717, 1.165) is 24.3 Å². The lowest BCUT2D eigenvalue weighted by atomic mass is 10.1. The van der Waals surface area contributed by atoms with E-state index in [1.54, 1.807) is 7.11 Å². The highest BCUT2D eigenvalue weighted by atomic mass is 16.5. The van der Waals surface area contributed by atoms with Crippen molar-refractivity contribution in [2.75, 3.05) is 14.2 Å². The van der Waals surface area contributed by atoms with Crippen molar-refractivity contribution in [2.24, 2.45) is 10.9 Å². The summed E-state index contributed by atoms with van der Waals surface area (Å²) in [6, 6.07) is 7.81. The van der Waals surface area contributed by atoms with Gasteiger partial charge in [0.2, 0.25) is 0 Å². The maximum absolute atomic E-state index is 8.74. The third-order valence-corrected chi connectivity index (χ3v) is 2.97. The zero-order valence-corrected chi connectivity index (χ0v) is 11.1. The van der Waals surface area contributed by atoms with Gasteiger partial charge in [-0.2, -0.15) is 0 Å². The van der Waals surface area contributed by atoms with Crippen molar-refractivity contribution >= 4 is 5.84 Å². The molecule has 0 radical (unpaired) electrons. The van der Waals surface area contributed by atoms with Crippen LogP contribution in [0.25, 0.3) is 0 Å². The molecular weight excluding hydrogens is 230 g/mol. The van der Waals surface area contributed by atoms with Crippen LogP contribution in [0.1, 0.15) is 18.9 Å². The van der Waals surface area contributed by atoms with E-state index in [4.69, 9.17) is 15.7 Å². The van der Waals surface area contributed by atoms with E-state index in [9.17, 15) is 0 Å². The number of hydrogen-bond acceptors (Lipinski definition) is 4. The summed E-state index contributed by atoms with van der Waals surface area (Å²) in [5.74, 6) is 1.08. The second kappa shape index (κ2) is 6.86. The molecule has 0 saturated heterocycles. The Labute approximate surface area is 108 Å². The monoisotopic (exact) mass is 251 g/mol. The second-order valence-corrected chi connectivity index (χ2v) is 4.21. The lowest BCUT2D eigenvalue weighted by Gasteiger charge is -2.25. The molecule has 5 nitrogen and oxygen atoms in total. The van der Waals surface area contributed by atoms with Crippen LogP contribution in [-0.2, 0) is 6.54 Å². The maximum atomic E-state index is 8.74. The summed E-state index contributed by atoms with van der Waals surface area (Å²) in [6.07, 6.45) is 0.794. The SMILES string of the molecule is CCC(C(N)=NO)N(C)Cc1ccc(OC)cc1. The number of hydrogen-bond donors (Lipinski definition) is 2. The average Bonchev–Trinajstić information content (AvgIpc) is 2.40. The molecule has 100 valence electrons. The first-order valence-corrected chi connectivity index (χ1v) is 5.93. The summed E-state index contributed by atoms with van der Waals surface area (Å²) in [6.45, 7) is 2.74. The molecule has 5 heteroatoms. The van der Waals surface area contributed by atoms with Crippen molar-refractivity contribution < 1.29 is 9.94 Å². The Kier molecular flexibility index (Phi) is 5.45. The topological polar surface area (TPSA) is 71.1 Å². The third-order valence-electron chi connectivity index (χ3n) is 2.97. The van der Waals surface area contributed by atoms with Gasteiger partial charge in [0.15, 0.2) is 5.84 Å². The summed E-state index contributed by atoms with van der Waals surface area (Å²) in [5, 5.41) is 11.8. The molecule has 0 aliphatic heterocycles. The fraction of sp³-hybridized carbons (Fsp3) is 0.462. The van der Waals surface area contributed by atoms with Crippen LogP contribution >= 0.6 is 0 Å². The number of rotatable bonds is 6. The van der Waals surface area contributed by atoms with Crippen LogP contribution < -0.4 is 10.5 Å². The van der Waals surface area contributed by atoms with Gasteiger partial charge in [0.25, 0.3) is 0 Å². The Balaban J connectivity index is 2.70. The van der Waals surface area contributed by atoms with E-state index < -0.39 is 0 Å². The quantitative estimate of drug-likeness (QED) is 0.349. The number of methoxy groups -OCH3 is 1. The van der Waals surface area contributed by atoms with Crippen molar-refractivity contribution in [1.29, 1.82) is 0 Å². The average molecular weight is 251 g/mol. The number of likely N-dealkylation sites (N-methyl/N-ethyl adjacent to an activating group) is 1. The number of benzene rings is 1. The first-order chi connectivity index (χ1) is 8.62. The van der Waals surface area contributed by atoms with Gasteiger partial charge in [0.05, 0.1) is 13.2 Å². The lowest BCUT2D eigenvalue weighted by Crippen LogP contribution is -2.41. The molecule has 0 aromatic heterocycles. The van der Waals surface area contributed by atoms with Crippen molar-refractivity contribution in [3.8, 4) is 5.75 Å². The summed E-state index contributed by atoms with van der Waals surface area (Å²) >= 11 is 0. The minimum atomic E-state index is -0.0582. The minimum absolute atomic E-state index is 0.0582. The van der Waals surface area contributed by atoms with Crippen molar-refractivity contribution in [1.82, 2.24) is 4.90 Å². The minimum Gasteiger partial charge on any atom is -0.497 e. The highest BCUT2D eigenvalue weighted by molar-refractivity contribution is 5.85. The van der Waals surface area contributed by atoms with E-state index in [0.29, 0.717) is 0 Å². The van der Waals surface area contributed by atoms with E-state index in [-0.39, 0.29) is 11.9 Å². The molecule has 0 fully saturated rings. The highest BCUT2D eigenvalue weighted by Gasteiger charge is 2.17. The van der Waals surface area contributed by atoms with E-state index in [1.807, 2.05) is 38.2 Å². The molecule has 1 rings (SSSR count). The summed E-state index contributed by atoms with van der Waals surface area (Å²) < 4.78 is 5.11. The van der Waals surface area contributed by atoms with Gasteiger partial charge >= 0.3 is 0 Å². The molecule has 3 N–H and O–H groups in total. The molecule has 0 aliphatic carbocycles. The normalized spacial score (nSPS) is 13.7. The number of nitrogens with two attached hydrogens (primary N) is 1. The Morgan fingerprint density at radius 1 is 1.44 bits per heavy atom. The Bertz CT molecular complexity index is 390. The molecule has 0 aliphatic rings. The van der Waals surface area contributed by atoms with Crippen LogP contribution in [0.4, 0.5) is 0 Å². The summed E-state index contributed by atoms with van der Waals surface area (Å²) in [4.78, 5) is 2.05. The number of oxime groups is 1. The van der Waals surface area contributed by atoms with E-state index in [1.165, 1.54) is 0 Å². The van der Waals surface area contributed by atoms with Gasteiger partial charge in [0, 0.05) is 6.54 Å². The Hall–Kier alpha value is -1.75. The van der Waals surface area contributed by atoms with Gasteiger partial charge in [-0.05, 0) is 31.2 Å². The second-order valence-electron chi connectivity index (χ2n) is 4.21. The Morgan fingerprint density at radius 3 is 2.50 bits per heavy atom. The zero-order chi connectivity index (χ0) is 13.5. The fourth-order valence-corrected chi connectivity index (χ4v) is 1.94. The predicted octanol–water partition coefficient (Wildman–Crippen LogP) is 1.65. The first kappa shape index (κ1) is 14.3. The first-order valence-electron chi connectivity index (χ1n) is 5.93. The molecule has 0 spiro atoms. The number of ether oxygens (including phenoxy) is 1. The zero-order valence-electron chi connectivity index (χ0n) is 11.1. The van der Waals surface area contributed by atoms with Gasteiger partial charge in [-0.15, -0.1) is 0 Å². The molecular formula is C13H21N3O2. The molecule has 0 amide bonds. The maximum Gasteiger partial charge on any atom is 0.156 e. The van der Waals surface area contributed by atoms with Crippen molar-refractivity contribution in [2.45, 2.75) is 25.9 Å². The smallest absolute Gasteiger partial charge is 0.156 e. The van der Waals surface area contributed by atoms with Crippen molar-refractivity contribution in [3.05, 3.63) is 29.8 Å². The largest absolute Gasteiger partial charge is 0.497 e. The number of amidine groups is 1. The molecule has 18 heavy (non-hydrogen) atoms. The van der Waals surface area contributed by atoms with Crippen LogP contribution in [0.5, 0.6) is 5.75 Å². The van der Waals surface area contributed by atoms with Crippen LogP contribution in [0.2, 0.25) is 0 Å². The molecule has 0 saturated carbocycles. The standard InChI is InChI=1S/C13H21N3O2/c1-4-12(13(14)15-17)16(2)9-10-5-7-11(18-3)8-6-10/h5-8,12,17H,4,9H2,1-3H3,(H2,14,15). The third kappa shape index (κ3) is 3.63. The van der Waals surface area contributed by atoms with Gasteiger partial charge in [-0.3, -0.25) is 4.90 Å². The molecule has 0 heterocycles. The highest BCUT2D eigenvalue weighted by Crippen LogP contribution is 2.14. The van der Waals surface area contributed by atoms with E-state index in [2.05, 4.69) is 10.1 Å². The van der Waals surface area contributed by atoms with Crippen LogP contribution in [0.3, 0.4) is 0 Å². The van der Waals surface area contributed by atoms with Crippen LogP contribution in [-0.4, -0.2) is 36.1 Å². The van der Waals surface area contributed by atoms with Crippen molar-refractivity contribution in [3.63, 3.8) is 0 Å². The van der Waals surface area contributed by atoms with Crippen LogP contribution in [0.15, 0.2) is 29.4 Å². The van der Waals surface area contributed by atoms with Gasteiger partial charge in [0.1, 0.15) is 5.75 Å². The molecule has 1 aromatic rings. The summed E-state index contributed by atoms with van der Waals surface area (Å²) in [5.41, 5.74) is 6.82. The number of nitrogens with zero attached hydrogens (tertiary/aromatic N) is 2. The fourth-order valence-electron chi connectivity index (χ4n) is 1.94. The predicted molar refractivity (Wildman–Crippen MR) is 71.9 cm³/mol. The van der Waals surface area contributed by atoms with Gasteiger partial charge in [-0.25, -0.2) is 0 Å². The molecule has 1 aromatic carbocycles. The van der Waals surface area contributed by atoms with E-state index >= 15 is 0 Å². The van der Waals surface area contributed by atoms with Crippen LogP contribution in [0, 0.1) is 0 Å². The molecule has 0 bridgehead atoms. The van der Waals surface area contributed by atoms with Gasteiger partial charge < -0.3 is 15.7 Å². The Morgan fingerprint density at radius 2 is 2.06 bits per heavy atom.